The summed E-state index contributed by atoms with van der Waals surface area (Å²) >= 11 is 0. The van der Waals surface area contributed by atoms with Gasteiger partial charge in [-0.25, -0.2) is 4.98 Å². The van der Waals surface area contributed by atoms with Gasteiger partial charge in [-0.2, -0.15) is 11.2 Å². The van der Waals surface area contributed by atoms with E-state index in [1.54, 1.807) is 0 Å². The minimum Gasteiger partial charge on any atom is -0.509 e. The number of hydrogen-bond acceptors (Lipinski definition) is 3. The minimum atomic E-state index is -0.140. The van der Waals surface area contributed by atoms with Crippen molar-refractivity contribution in [3.05, 3.63) is 130 Å². The number of pyridine rings is 1. The fourth-order valence-electron chi connectivity index (χ4n) is 7.93. The smallest absolute Gasteiger partial charge is 0.509 e. The molecule has 0 spiro atoms. The van der Waals surface area contributed by atoms with Crippen LogP contribution in [0.25, 0.3) is 44.4 Å². The zero-order valence-electron chi connectivity index (χ0n) is 35.2. The Bertz CT molecular complexity index is 2500. The molecule has 6 heteroatoms. The van der Waals surface area contributed by atoms with E-state index in [0.717, 1.165) is 63.1 Å². The van der Waals surface area contributed by atoms with Gasteiger partial charge in [0.25, 0.3) is 0 Å². The third-order valence-electron chi connectivity index (χ3n) is 11.0. The first-order valence-corrected chi connectivity index (χ1v) is 20.1. The summed E-state index contributed by atoms with van der Waals surface area (Å²) in [5.74, 6) is 3.33. The molecule has 0 radical (unpaired) electrons. The summed E-state index contributed by atoms with van der Waals surface area (Å²) in [6.45, 7) is 27.0. The quantitative estimate of drug-likeness (QED) is 0.102. The van der Waals surface area contributed by atoms with Gasteiger partial charge in [-0.1, -0.05) is 112 Å². The van der Waals surface area contributed by atoms with E-state index in [4.69, 9.17) is 14.8 Å². The molecule has 4 aromatic carbocycles. The molecular formula is C50H56N4OPd. The van der Waals surface area contributed by atoms with Crippen molar-refractivity contribution in [1.29, 1.82) is 0 Å². The van der Waals surface area contributed by atoms with Gasteiger partial charge >= 0.3 is 20.4 Å². The number of ether oxygens (including phenoxy) is 1. The Labute approximate surface area is 348 Å². The standard InChI is InChI=1S/C50H56N4O.Pd/c1-13-16-35-21-22-51-47(23-35)53-45-18-15-14-17-41(45)42-20-19-39(29-46(42)53)55-40-27-37(50(10,11)12)26-38(28-40)54-34(9)48(33(8)52-54)49-43(31(4)5)24-36(30(2)3)25-44(49)32(6)7;/h14-15,17-27,30-32H,13,16H2,1-12H3;/q-2;+2. The zero-order valence-corrected chi connectivity index (χ0v) is 36.7. The molecule has 0 aliphatic carbocycles. The van der Waals surface area contributed by atoms with Crippen molar-refractivity contribution in [3.63, 3.8) is 0 Å². The molecule has 0 N–H and O–H groups in total. The predicted octanol–water partition coefficient (Wildman–Crippen LogP) is 13.7. The van der Waals surface area contributed by atoms with Crippen LogP contribution in [0.2, 0.25) is 0 Å². The first kappa shape index (κ1) is 41.1. The molecule has 0 saturated carbocycles. The average molecular weight is 835 g/mol. The maximum absolute atomic E-state index is 6.75. The van der Waals surface area contributed by atoms with Gasteiger partial charge in [-0.3, -0.25) is 4.68 Å². The second-order valence-corrected chi connectivity index (χ2v) is 17.2. The molecule has 3 heterocycles. The van der Waals surface area contributed by atoms with Crippen LogP contribution in [0.5, 0.6) is 11.5 Å². The normalized spacial score (nSPS) is 12.1. The van der Waals surface area contributed by atoms with Crippen LogP contribution in [0, 0.1) is 26.0 Å². The van der Waals surface area contributed by atoms with Crippen LogP contribution in [0.15, 0.2) is 79.0 Å². The van der Waals surface area contributed by atoms with E-state index in [1.165, 1.54) is 33.4 Å². The molecular weight excluding hydrogens is 779 g/mol. The van der Waals surface area contributed by atoms with Crippen molar-refractivity contribution in [1.82, 2.24) is 19.3 Å². The Morgan fingerprint density at radius 2 is 1.45 bits per heavy atom. The predicted molar refractivity (Wildman–Crippen MR) is 230 cm³/mol. The van der Waals surface area contributed by atoms with Crippen LogP contribution in [0.1, 0.15) is 133 Å². The van der Waals surface area contributed by atoms with Gasteiger partial charge in [0.05, 0.1) is 5.69 Å². The van der Waals surface area contributed by atoms with Gasteiger partial charge < -0.3 is 9.30 Å². The van der Waals surface area contributed by atoms with Crippen molar-refractivity contribution in [3.8, 4) is 34.1 Å². The molecule has 0 fully saturated rings. The topological polar surface area (TPSA) is 44.9 Å². The van der Waals surface area contributed by atoms with Crippen LogP contribution < -0.4 is 4.74 Å². The summed E-state index contributed by atoms with van der Waals surface area (Å²) < 4.78 is 11.0. The number of aryl methyl sites for hydroxylation is 2. The molecule has 0 amide bonds. The largest absolute Gasteiger partial charge is 2.00 e. The summed E-state index contributed by atoms with van der Waals surface area (Å²) in [6.07, 6.45) is 4.00. The number of hydrogen-bond donors (Lipinski definition) is 0. The van der Waals surface area contributed by atoms with Gasteiger partial charge in [-0.15, -0.1) is 41.3 Å². The van der Waals surface area contributed by atoms with E-state index in [2.05, 4.69) is 171 Å². The van der Waals surface area contributed by atoms with E-state index < -0.39 is 0 Å². The molecule has 3 aromatic heterocycles. The third kappa shape index (κ3) is 7.76. The fourth-order valence-corrected chi connectivity index (χ4v) is 7.93. The van der Waals surface area contributed by atoms with E-state index in [9.17, 15) is 0 Å². The van der Waals surface area contributed by atoms with Crippen LogP contribution in [0.4, 0.5) is 0 Å². The van der Waals surface area contributed by atoms with Gasteiger partial charge in [0.15, 0.2) is 0 Å². The molecule has 7 rings (SSSR count). The first-order chi connectivity index (χ1) is 26.2. The second-order valence-electron chi connectivity index (χ2n) is 17.2. The average Bonchev–Trinajstić information content (AvgIpc) is 3.62. The number of nitrogens with zero attached hydrogens (tertiary/aromatic N) is 4. The molecule has 292 valence electrons. The Kier molecular flexibility index (Phi) is 11.9. The van der Waals surface area contributed by atoms with Crippen LogP contribution >= 0.6 is 0 Å². The van der Waals surface area contributed by atoms with E-state index in [0.29, 0.717) is 29.3 Å². The fraction of sp³-hybridized carbons (Fsp3) is 0.360. The molecule has 0 bridgehead atoms. The second kappa shape index (κ2) is 16.2. The van der Waals surface area contributed by atoms with Crippen molar-refractivity contribution in [2.24, 2.45) is 0 Å². The van der Waals surface area contributed by atoms with Gasteiger partial charge in [0.1, 0.15) is 5.82 Å². The molecule has 7 aromatic rings. The van der Waals surface area contributed by atoms with Gasteiger partial charge in [0, 0.05) is 34.5 Å². The maximum atomic E-state index is 6.75. The number of aromatic nitrogens is 4. The number of fused-ring (bicyclic) bond motifs is 3. The van der Waals surface area contributed by atoms with Crippen molar-refractivity contribution in [2.75, 3.05) is 0 Å². The summed E-state index contributed by atoms with van der Waals surface area (Å²) in [6, 6.07) is 33.4. The summed E-state index contributed by atoms with van der Waals surface area (Å²) in [5, 5.41) is 7.50. The summed E-state index contributed by atoms with van der Waals surface area (Å²) in [4.78, 5) is 4.83. The SMILES string of the molecule is CCCc1ccnc(-n2c3[c-]c(Oc4[c-]c(-n5nc(C)c(-c6c(C(C)C)cc(C(C)C)cc6C(C)C)c5C)cc(C(C)(C)C)c4)ccc3c3ccccc32)c1.[Pd+2]. The minimum absolute atomic E-state index is 0. The Balaban J connectivity index is 0.00000532. The molecule has 0 aliphatic heterocycles. The maximum Gasteiger partial charge on any atom is 2.00 e. The monoisotopic (exact) mass is 834 g/mol. The Hall–Kier alpha value is -4.50. The zero-order chi connectivity index (χ0) is 39.3. The molecule has 5 nitrogen and oxygen atoms in total. The van der Waals surface area contributed by atoms with Crippen LogP contribution in [0.3, 0.4) is 0 Å². The number of benzene rings is 4. The molecule has 0 saturated heterocycles. The van der Waals surface area contributed by atoms with Crippen LogP contribution in [-0.4, -0.2) is 19.3 Å². The Morgan fingerprint density at radius 1 is 0.750 bits per heavy atom. The van der Waals surface area contributed by atoms with Crippen molar-refractivity contribution in [2.45, 2.75) is 119 Å². The first-order valence-electron chi connectivity index (χ1n) is 20.1. The third-order valence-corrected chi connectivity index (χ3v) is 11.0. The molecule has 56 heavy (non-hydrogen) atoms. The Morgan fingerprint density at radius 3 is 2.09 bits per heavy atom. The molecule has 0 unspecified atom stereocenters. The molecule has 0 atom stereocenters. The van der Waals surface area contributed by atoms with Crippen LogP contribution in [-0.2, 0) is 32.3 Å². The van der Waals surface area contributed by atoms with Crippen molar-refractivity contribution >= 4 is 21.8 Å². The summed E-state index contributed by atoms with van der Waals surface area (Å²) in [5.41, 5.74) is 14.0. The number of rotatable bonds is 10. The van der Waals surface area contributed by atoms with Crippen molar-refractivity contribution < 1.29 is 25.2 Å². The van der Waals surface area contributed by atoms with E-state index in [-0.39, 0.29) is 25.8 Å². The van der Waals surface area contributed by atoms with E-state index in [1.807, 2.05) is 12.3 Å². The molecule has 0 aliphatic rings. The van der Waals surface area contributed by atoms with Gasteiger partial charge in [-0.05, 0) is 101 Å². The van der Waals surface area contributed by atoms with E-state index >= 15 is 0 Å². The van der Waals surface area contributed by atoms with Gasteiger partial charge in [0.2, 0.25) is 0 Å². The summed E-state index contributed by atoms with van der Waals surface area (Å²) in [7, 11) is 0. The number of para-hydroxylation sites is 1.